The first-order chi connectivity index (χ1) is 6.77. The summed E-state index contributed by atoms with van der Waals surface area (Å²) in [6.07, 6.45) is 1.94. The van der Waals surface area contributed by atoms with Crippen molar-refractivity contribution in [3.8, 4) is 5.69 Å². The van der Waals surface area contributed by atoms with Crippen molar-refractivity contribution >= 4 is 17.9 Å². The van der Waals surface area contributed by atoms with Crippen LogP contribution in [0.15, 0.2) is 48.7 Å². The first-order valence-corrected chi connectivity index (χ1v) is 4.72. The maximum absolute atomic E-state index is 5.61. The maximum Gasteiger partial charge on any atom is 0.110 e. The minimum absolute atomic E-state index is 0.760. The van der Waals surface area contributed by atoms with Crippen molar-refractivity contribution in [2.45, 2.75) is 0 Å². The van der Waals surface area contributed by atoms with Gasteiger partial charge in [0.25, 0.3) is 0 Å². The van der Waals surface area contributed by atoms with Crippen LogP contribution in [0.4, 0.5) is 5.69 Å². The van der Waals surface area contributed by atoms with Gasteiger partial charge in [-0.3, -0.25) is 0 Å². The fraction of sp³-hybridized carbons (Fsp3) is 0. The summed E-state index contributed by atoms with van der Waals surface area (Å²) in [6.45, 7) is 0. The van der Waals surface area contributed by atoms with E-state index in [-0.39, 0.29) is 0 Å². The van der Waals surface area contributed by atoms with Crippen molar-refractivity contribution in [1.82, 2.24) is 4.57 Å². The van der Waals surface area contributed by atoms with Crippen LogP contribution in [0.25, 0.3) is 5.69 Å². The fourth-order valence-electron chi connectivity index (χ4n) is 1.28. The molecule has 3 heteroatoms. The van der Waals surface area contributed by atoms with E-state index < -0.39 is 0 Å². The van der Waals surface area contributed by atoms with Gasteiger partial charge in [0.1, 0.15) is 4.64 Å². The third-order valence-electron chi connectivity index (χ3n) is 1.99. The lowest BCUT2D eigenvalue weighted by Crippen LogP contribution is -1.95. The molecule has 0 unspecified atom stereocenters. The van der Waals surface area contributed by atoms with E-state index in [1.807, 2.05) is 53.2 Å². The minimum atomic E-state index is 0.760. The van der Waals surface area contributed by atoms with Crippen molar-refractivity contribution in [3.63, 3.8) is 0 Å². The quantitative estimate of drug-likeness (QED) is 0.569. The van der Waals surface area contributed by atoms with Gasteiger partial charge in [-0.25, -0.2) is 0 Å². The molecule has 0 spiro atoms. The van der Waals surface area contributed by atoms with Gasteiger partial charge < -0.3 is 10.3 Å². The Bertz CT molecular complexity index is 485. The van der Waals surface area contributed by atoms with E-state index in [2.05, 4.69) is 0 Å². The van der Waals surface area contributed by atoms with Crippen LogP contribution < -0.4 is 5.73 Å². The topological polar surface area (TPSA) is 30.9 Å². The molecule has 2 N–H and O–H groups in total. The van der Waals surface area contributed by atoms with Crippen LogP contribution in [0.5, 0.6) is 0 Å². The van der Waals surface area contributed by atoms with Crippen LogP contribution >= 0.6 is 12.2 Å². The Hall–Kier alpha value is -1.61. The van der Waals surface area contributed by atoms with Crippen LogP contribution in [0, 0.1) is 4.64 Å². The van der Waals surface area contributed by atoms with E-state index in [0.717, 1.165) is 16.0 Å². The molecule has 0 amide bonds. The number of hydrogen-bond acceptors (Lipinski definition) is 2. The molecule has 0 saturated carbocycles. The molecule has 14 heavy (non-hydrogen) atoms. The highest BCUT2D eigenvalue weighted by Crippen LogP contribution is 2.11. The van der Waals surface area contributed by atoms with E-state index >= 15 is 0 Å². The monoisotopic (exact) mass is 202 g/mol. The summed E-state index contributed by atoms with van der Waals surface area (Å²) in [5.41, 5.74) is 7.40. The third-order valence-corrected chi connectivity index (χ3v) is 2.33. The summed E-state index contributed by atoms with van der Waals surface area (Å²) in [7, 11) is 0. The van der Waals surface area contributed by atoms with Crippen LogP contribution in [0.3, 0.4) is 0 Å². The number of rotatable bonds is 1. The number of pyridine rings is 1. The Labute approximate surface area is 87.6 Å². The standard InChI is InChI=1S/C11H10N2S/c12-9-4-6-10(7-5-9)13-8-2-1-3-11(13)14/h1-8H,12H2. The zero-order chi connectivity index (χ0) is 9.97. The first kappa shape index (κ1) is 8.97. The Morgan fingerprint density at radius 2 is 1.71 bits per heavy atom. The Balaban J connectivity index is 2.56. The van der Waals surface area contributed by atoms with Gasteiger partial charge in [0.15, 0.2) is 0 Å². The van der Waals surface area contributed by atoms with E-state index in [1.165, 1.54) is 0 Å². The molecule has 2 aromatic rings. The molecule has 0 aliphatic rings. The molecule has 0 fully saturated rings. The number of benzene rings is 1. The molecule has 1 aromatic carbocycles. The summed E-state index contributed by atoms with van der Waals surface area (Å²) in [6, 6.07) is 13.4. The summed E-state index contributed by atoms with van der Waals surface area (Å²) < 4.78 is 2.73. The van der Waals surface area contributed by atoms with E-state index in [0.29, 0.717) is 0 Å². The second kappa shape index (κ2) is 3.64. The van der Waals surface area contributed by atoms with Crippen LogP contribution in [0.1, 0.15) is 0 Å². The molecule has 1 heterocycles. The van der Waals surface area contributed by atoms with E-state index in [4.69, 9.17) is 18.0 Å². The number of nitrogens with zero attached hydrogens (tertiary/aromatic N) is 1. The number of hydrogen-bond donors (Lipinski definition) is 1. The highest BCUT2D eigenvalue weighted by Gasteiger charge is 1.94. The van der Waals surface area contributed by atoms with Gasteiger partial charge >= 0.3 is 0 Å². The maximum atomic E-state index is 5.61. The smallest absolute Gasteiger partial charge is 0.110 e. The molecule has 0 atom stereocenters. The van der Waals surface area contributed by atoms with Gasteiger partial charge in [0.2, 0.25) is 0 Å². The van der Waals surface area contributed by atoms with Gasteiger partial charge in [0.05, 0.1) is 0 Å². The number of nitrogens with two attached hydrogens (primary N) is 1. The highest BCUT2D eigenvalue weighted by molar-refractivity contribution is 7.71. The van der Waals surface area contributed by atoms with E-state index in [9.17, 15) is 0 Å². The molecule has 0 radical (unpaired) electrons. The largest absolute Gasteiger partial charge is 0.399 e. The zero-order valence-electron chi connectivity index (χ0n) is 7.55. The molecule has 0 aliphatic heterocycles. The van der Waals surface area contributed by atoms with Crippen molar-refractivity contribution in [2.24, 2.45) is 0 Å². The number of nitrogen functional groups attached to an aromatic ring is 1. The van der Waals surface area contributed by atoms with Crippen LogP contribution in [-0.4, -0.2) is 4.57 Å². The molecular weight excluding hydrogens is 192 g/mol. The van der Waals surface area contributed by atoms with Gasteiger partial charge in [-0.2, -0.15) is 0 Å². The predicted molar refractivity (Wildman–Crippen MR) is 61.0 cm³/mol. The van der Waals surface area contributed by atoms with Gasteiger partial charge in [-0.1, -0.05) is 18.3 Å². The highest BCUT2D eigenvalue weighted by atomic mass is 32.1. The Morgan fingerprint density at radius 3 is 2.36 bits per heavy atom. The van der Waals surface area contributed by atoms with Gasteiger partial charge in [-0.15, -0.1) is 0 Å². The van der Waals surface area contributed by atoms with Crippen LogP contribution in [0.2, 0.25) is 0 Å². The van der Waals surface area contributed by atoms with Crippen molar-refractivity contribution in [2.75, 3.05) is 5.73 Å². The molecule has 2 rings (SSSR count). The zero-order valence-corrected chi connectivity index (χ0v) is 8.37. The van der Waals surface area contributed by atoms with Crippen molar-refractivity contribution < 1.29 is 0 Å². The summed E-state index contributed by atoms with van der Waals surface area (Å²) in [5.74, 6) is 0. The Morgan fingerprint density at radius 1 is 1.00 bits per heavy atom. The molecule has 70 valence electrons. The Kier molecular flexibility index (Phi) is 2.33. The molecule has 0 bridgehead atoms. The van der Waals surface area contributed by atoms with Gasteiger partial charge in [-0.05, 0) is 36.4 Å². The molecular formula is C11H10N2S. The summed E-state index contributed by atoms with van der Waals surface area (Å²) in [5, 5.41) is 0. The first-order valence-electron chi connectivity index (χ1n) is 4.31. The third kappa shape index (κ3) is 1.67. The number of aromatic nitrogens is 1. The molecule has 2 nitrogen and oxygen atoms in total. The van der Waals surface area contributed by atoms with Crippen molar-refractivity contribution in [1.29, 1.82) is 0 Å². The normalized spacial score (nSPS) is 10.0. The lowest BCUT2D eigenvalue weighted by Gasteiger charge is -2.06. The predicted octanol–water partition coefficient (Wildman–Crippen LogP) is 2.79. The molecule has 0 aliphatic carbocycles. The van der Waals surface area contributed by atoms with Crippen molar-refractivity contribution in [3.05, 3.63) is 53.3 Å². The minimum Gasteiger partial charge on any atom is -0.399 e. The molecule has 0 saturated heterocycles. The van der Waals surface area contributed by atoms with E-state index in [1.54, 1.807) is 0 Å². The average molecular weight is 202 g/mol. The fourth-order valence-corrected chi connectivity index (χ4v) is 1.52. The second-order valence-electron chi connectivity index (χ2n) is 3.00. The molecule has 1 aromatic heterocycles. The van der Waals surface area contributed by atoms with Gasteiger partial charge in [0, 0.05) is 17.6 Å². The average Bonchev–Trinajstić information content (AvgIpc) is 2.20. The lowest BCUT2D eigenvalue weighted by molar-refractivity contribution is 1.03. The van der Waals surface area contributed by atoms with Crippen LogP contribution in [-0.2, 0) is 0 Å². The second-order valence-corrected chi connectivity index (χ2v) is 3.42. The SMILES string of the molecule is Nc1ccc(-n2ccccc2=S)cc1. The summed E-state index contributed by atoms with van der Waals surface area (Å²) >= 11 is 5.20. The lowest BCUT2D eigenvalue weighted by atomic mass is 10.3. The summed E-state index contributed by atoms with van der Waals surface area (Å²) in [4.78, 5) is 0. The number of anilines is 1.